The highest BCUT2D eigenvalue weighted by atomic mass is 16.1. The summed E-state index contributed by atoms with van der Waals surface area (Å²) < 4.78 is 1.76. The minimum atomic E-state index is -0.145. The molecule has 0 fully saturated rings. The molecule has 0 spiro atoms. The number of benzene rings is 1. The third kappa shape index (κ3) is 2.72. The van der Waals surface area contributed by atoms with Gasteiger partial charge in [0.25, 0.3) is 5.91 Å². The number of carbonyl (C=O) groups is 1. The van der Waals surface area contributed by atoms with Gasteiger partial charge in [0.2, 0.25) is 0 Å². The molecule has 6 heteroatoms. The standard InChI is InChI=1S/C12H15N5O/c1-17-8-15-16-11(17)7-14-12(18)10-4-2-3-9(5-10)6-13/h2-5,8H,6-7,13H2,1H3,(H,14,18). The van der Waals surface area contributed by atoms with Crippen molar-refractivity contribution in [3.8, 4) is 0 Å². The maximum absolute atomic E-state index is 11.9. The van der Waals surface area contributed by atoms with E-state index < -0.39 is 0 Å². The maximum Gasteiger partial charge on any atom is 0.251 e. The van der Waals surface area contributed by atoms with Gasteiger partial charge in [0.05, 0.1) is 6.54 Å². The number of hydrogen-bond donors (Lipinski definition) is 2. The molecule has 0 unspecified atom stereocenters. The number of nitrogens with two attached hydrogens (primary N) is 1. The van der Waals surface area contributed by atoms with Gasteiger partial charge in [-0.1, -0.05) is 12.1 Å². The second kappa shape index (κ2) is 5.42. The van der Waals surface area contributed by atoms with E-state index in [2.05, 4.69) is 15.5 Å². The fourth-order valence-electron chi connectivity index (χ4n) is 1.57. The minimum Gasteiger partial charge on any atom is -0.345 e. The Kier molecular flexibility index (Phi) is 3.69. The van der Waals surface area contributed by atoms with Crippen molar-refractivity contribution >= 4 is 5.91 Å². The summed E-state index contributed by atoms with van der Waals surface area (Å²) in [6, 6.07) is 7.25. The van der Waals surface area contributed by atoms with Gasteiger partial charge in [0.15, 0.2) is 5.82 Å². The quantitative estimate of drug-likeness (QED) is 0.806. The van der Waals surface area contributed by atoms with Crippen molar-refractivity contribution in [2.24, 2.45) is 12.8 Å². The molecule has 0 saturated heterocycles. The van der Waals surface area contributed by atoms with E-state index in [1.807, 2.05) is 19.2 Å². The molecular weight excluding hydrogens is 230 g/mol. The molecule has 0 aliphatic rings. The van der Waals surface area contributed by atoms with Crippen molar-refractivity contribution in [1.29, 1.82) is 0 Å². The number of carbonyl (C=O) groups excluding carboxylic acids is 1. The summed E-state index contributed by atoms with van der Waals surface area (Å²) in [4.78, 5) is 11.9. The van der Waals surface area contributed by atoms with Crippen molar-refractivity contribution in [2.45, 2.75) is 13.1 Å². The SMILES string of the molecule is Cn1cnnc1CNC(=O)c1cccc(CN)c1. The Morgan fingerprint density at radius 1 is 1.50 bits per heavy atom. The Bertz CT molecular complexity index is 549. The first kappa shape index (κ1) is 12.3. The first-order chi connectivity index (χ1) is 8.70. The first-order valence-electron chi connectivity index (χ1n) is 5.61. The van der Waals surface area contributed by atoms with Crippen LogP contribution in [0.4, 0.5) is 0 Å². The number of aryl methyl sites for hydroxylation is 1. The summed E-state index contributed by atoms with van der Waals surface area (Å²) in [5, 5.41) is 10.4. The van der Waals surface area contributed by atoms with Crippen LogP contribution in [0.2, 0.25) is 0 Å². The van der Waals surface area contributed by atoms with E-state index >= 15 is 0 Å². The van der Waals surface area contributed by atoms with Crippen molar-refractivity contribution < 1.29 is 4.79 Å². The molecule has 1 heterocycles. The zero-order valence-electron chi connectivity index (χ0n) is 10.1. The molecule has 0 bridgehead atoms. The van der Waals surface area contributed by atoms with E-state index in [1.54, 1.807) is 23.0 Å². The maximum atomic E-state index is 11.9. The highest BCUT2D eigenvalue weighted by Gasteiger charge is 2.07. The normalized spacial score (nSPS) is 10.3. The van der Waals surface area contributed by atoms with E-state index in [0.717, 1.165) is 5.56 Å². The average molecular weight is 245 g/mol. The second-order valence-corrected chi connectivity index (χ2v) is 3.95. The van der Waals surface area contributed by atoms with Gasteiger partial charge in [-0.2, -0.15) is 0 Å². The highest BCUT2D eigenvalue weighted by molar-refractivity contribution is 5.94. The van der Waals surface area contributed by atoms with E-state index in [4.69, 9.17) is 5.73 Å². The van der Waals surface area contributed by atoms with Crippen LogP contribution in [0.15, 0.2) is 30.6 Å². The van der Waals surface area contributed by atoms with Gasteiger partial charge < -0.3 is 15.6 Å². The Morgan fingerprint density at radius 2 is 2.33 bits per heavy atom. The first-order valence-corrected chi connectivity index (χ1v) is 5.61. The minimum absolute atomic E-state index is 0.145. The lowest BCUT2D eigenvalue weighted by Gasteiger charge is -2.05. The van der Waals surface area contributed by atoms with Crippen molar-refractivity contribution in [3.63, 3.8) is 0 Å². The predicted molar refractivity (Wildman–Crippen MR) is 66.5 cm³/mol. The van der Waals surface area contributed by atoms with Crippen LogP contribution in [-0.4, -0.2) is 20.7 Å². The topological polar surface area (TPSA) is 85.8 Å². The molecule has 0 saturated carbocycles. The monoisotopic (exact) mass is 245 g/mol. The van der Waals surface area contributed by atoms with Gasteiger partial charge in [0, 0.05) is 19.2 Å². The summed E-state index contributed by atoms with van der Waals surface area (Å²) in [5.74, 6) is 0.562. The number of amides is 1. The molecule has 1 amide bonds. The lowest BCUT2D eigenvalue weighted by Crippen LogP contribution is -2.24. The summed E-state index contributed by atoms with van der Waals surface area (Å²) in [6.07, 6.45) is 1.59. The van der Waals surface area contributed by atoms with E-state index in [1.165, 1.54) is 0 Å². The Hall–Kier alpha value is -2.21. The molecule has 6 nitrogen and oxygen atoms in total. The van der Waals surface area contributed by atoms with Crippen LogP contribution in [0.25, 0.3) is 0 Å². The van der Waals surface area contributed by atoms with Crippen molar-refractivity contribution in [3.05, 3.63) is 47.5 Å². The second-order valence-electron chi connectivity index (χ2n) is 3.95. The molecule has 94 valence electrons. The summed E-state index contributed by atoms with van der Waals surface area (Å²) in [7, 11) is 1.83. The molecule has 0 aliphatic heterocycles. The molecule has 0 aliphatic carbocycles. The largest absolute Gasteiger partial charge is 0.345 e. The van der Waals surface area contributed by atoms with E-state index in [-0.39, 0.29) is 5.91 Å². The van der Waals surface area contributed by atoms with Gasteiger partial charge in [-0.15, -0.1) is 10.2 Å². The fourth-order valence-corrected chi connectivity index (χ4v) is 1.57. The molecular formula is C12H15N5O. The van der Waals surface area contributed by atoms with E-state index in [9.17, 15) is 4.79 Å². The lowest BCUT2D eigenvalue weighted by molar-refractivity contribution is 0.0949. The number of nitrogens with one attached hydrogen (secondary N) is 1. The van der Waals surface area contributed by atoms with Gasteiger partial charge in [0.1, 0.15) is 6.33 Å². The molecule has 1 aromatic heterocycles. The van der Waals surface area contributed by atoms with Crippen LogP contribution in [0.5, 0.6) is 0 Å². The van der Waals surface area contributed by atoms with Gasteiger partial charge in [-0.05, 0) is 17.7 Å². The zero-order chi connectivity index (χ0) is 13.0. The molecule has 2 aromatic rings. The van der Waals surface area contributed by atoms with Crippen molar-refractivity contribution in [1.82, 2.24) is 20.1 Å². The summed E-state index contributed by atoms with van der Waals surface area (Å²) in [6.45, 7) is 0.770. The number of hydrogen-bond acceptors (Lipinski definition) is 4. The number of aromatic nitrogens is 3. The lowest BCUT2D eigenvalue weighted by atomic mass is 10.1. The molecule has 18 heavy (non-hydrogen) atoms. The van der Waals surface area contributed by atoms with E-state index in [0.29, 0.717) is 24.5 Å². The van der Waals surface area contributed by atoms with Crippen LogP contribution < -0.4 is 11.1 Å². The van der Waals surface area contributed by atoms with Gasteiger partial charge in [-0.25, -0.2) is 0 Å². The molecule has 1 aromatic carbocycles. The Balaban J connectivity index is 2.01. The molecule has 2 rings (SSSR count). The summed E-state index contributed by atoms with van der Waals surface area (Å²) >= 11 is 0. The van der Waals surface area contributed by atoms with Crippen LogP contribution in [0.1, 0.15) is 21.7 Å². The third-order valence-corrected chi connectivity index (χ3v) is 2.64. The number of rotatable bonds is 4. The van der Waals surface area contributed by atoms with Crippen LogP contribution in [0.3, 0.4) is 0 Å². The van der Waals surface area contributed by atoms with Crippen LogP contribution >= 0.6 is 0 Å². The Labute approximate surface area is 105 Å². The van der Waals surface area contributed by atoms with Gasteiger partial charge in [-0.3, -0.25) is 4.79 Å². The van der Waals surface area contributed by atoms with Gasteiger partial charge >= 0.3 is 0 Å². The smallest absolute Gasteiger partial charge is 0.251 e. The summed E-state index contributed by atoms with van der Waals surface area (Å²) in [5.41, 5.74) is 7.07. The van der Waals surface area contributed by atoms with Crippen LogP contribution in [-0.2, 0) is 20.1 Å². The van der Waals surface area contributed by atoms with Crippen LogP contribution in [0, 0.1) is 0 Å². The zero-order valence-corrected chi connectivity index (χ0v) is 10.1. The molecule has 3 N–H and O–H groups in total. The number of nitrogens with zero attached hydrogens (tertiary/aromatic N) is 3. The third-order valence-electron chi connectivity index (χ3n) is 2.64. The van der Waals surface area contributed by atoms with Crippen molar-refractivity contribution in [2.75, 3.05) is 0 Å². The molecule has 0 atom stereocenters. The molecule has 0 radical (unpaired) electrons. The fraction of sp³-hybridized carbons (Fsp3) is 0.250. The Morgan fingerprint density at radius 3 is 3.00 bits per heavy atom. The average Bonchev–Trinajstić information content (AvgIpc) is 2.81. The predicted octanol–water partition coefficient (Wildman–Crippen LogP) is 0.204. The highest BCUT2D eigenvalue weighted by Crippen LogP contribution is 2.04.